The number of carbonyl (C=O) groups is 1. The zero-order valence-electron chi connectivity index (χ0n) is 21.6. The Balaban J connectivity index is 1.55. The van der Waals surface area contributed by atoms with E-state index >= 15 is 0 Å². The molecule has 1 unspecified atom stereocenters. The molecule has 38 heavy (non-hydrogen) atoms. The molecule has 0 radical (unpaired) electrons. The summed E-state index contributed by atoms with van der Waals surface area (Å²) in [7, 11) is 0. The second-order valence-electron chi connectivity index (χ2n) is 9.04. The Morgan fingerprint density at radius 1 is 1.03 bits per heavy atom. The van der Waals surface area contributed by atoms with Gasteiger partial charge in [0.05, 0.1) is 17.2 Å². The number of hydrogen-bond acceptors (Lipinski definition) is 6. The van der Waals surface area contributed by atoms with E-state index in [1.807, 2.05) is 61.5 Å². The average Bonchev–Trinajstić information content (AvgIpc) is 3.37. The number of hydrogen-bond donors (Lipinski definition) is 2. The molecule has 0 bridgehead atoms. The molecular formula is C30H29N7O. The van der Waals surface area contributed by atoms with Crippen LogP contribution in [-0.4, -0.2) is 33.8 Å². The second kappa shape index (κ2) is 10.6. The van der Waals surface area contributed by atoms with Gasteiger partial charge in [-0.1, -0.05) is 30.3 Å². The van der Waals surface area contributed by atoms with E-state index in [0.29, 0.717) is 34.3 Å². The van der Waals surface area contributed by atoms with Crippen LogP contribution in [-0.2, 0) is 4.79 Å². The number of para-hydroxylation sites is 1. The van der Waals surface area contributed by atoms with Crippen LogP contribution in [0.25, 0.3) is 11.4 Å². The molecule has 1 aliphatic rings. The maximum absolute atomic E-state index is 13.6. The first-order chi connectivity index (χ1) is 18.5. The second-order valence-corrected chi connectivity index (χ2v) is 9.04. The van der Waals surface area contributed by atoms with Crippen LogP contribution in [0.1, 0.15) is 37.9 Å². The fraction of sp³-hybridized carbons (Fsp3) is 0.200. The number of aromatic nitrogens is 3. The topological polar surface area (TPSA) is 98.9 Å². The summed E-state index contributed by atoms with van der Waals surface area (Å²) in [6, 6.07) is 26.4. The van der Waals surface area contributed by atoms with Crippen molar-refractivity contribution in [2.75, 3.05) is 28.6 Å². The first kappa shape index (κ1) is 24.8. The molecule has 1 amide bonds. The van der Waals surface area contributed by atoms with Crippen molar-refractivity contribution in [2.45, 2.75) is 26.8 Å². The zero-order valence-corrected chi connectivity index (χ0v) is 21.6. The molecule has 0 saturated carbocycles. The molecule has 3 aromatic carbocycles. The fourth-order valence-electron chi connectivity index (χ4n) is 4.75. The molecule has 0 saturated heterocycles. The van der Waals surface area contributed by atoms with Crippen LogP contribution < -0.4 is 15.5 Å². The standard InChI is InChI=1S/C30H29N7O/c1-4-36(5-2)25-17-15-23(16-18-25)28-34-30-32-20(3)26(29(38)33-24-9-7-6-8-10-24)27(37(30)35-28)22-13-11-21(19-31)12-14-22/h6-18,27H,4-5H2,1-3H3,(H,33,38)(H,32,34,35). The van der Waals surface area contributed by atoms with Gasteiger partial charge in [-0.05, 0) is 74.9 Å². The molecule has 2 N–H and O–H groups in total. The van der Waals surface area contributed by atoms with Crippen LogP contribution in [0, 0.1) is 11.3 Å². The number of nitrogens with zero attached hydrogens (tertiary/aromatic N) is 5. The normalized spacial score (nSPS) is 14.3. The van der Waals surface area contributed by atoms with Crippen molar-refractivity contribution in [2.24, 2.45) is 0 Å². The lowest BCUT2D eigenvalue weighted by Gasteiger charge is -2.28. The molecule has 5 rings (SSSR count). The Labute approximate surface area is 222 Å². The highest BCUT2D eigenvalue weighted by molar-refractivity contribution is 6.06. The fourth-order valence-corrected chi connectivity index (χ4v) is 4.75. The number of anilines is 3. The number of fused-ring (bicyclic) bond motifs is 1. The van der Waals surface area contributed by atoms with Gasteiger partial charge < -0.3 is 15.5 Å². The third-order valence-corrected chi connectivity index (χ3v) is 6.74. The minimum absolute atomic E-state index is 0.234. The third kappa shape index (κ3) is 4.74. The average molecular weight is 504 g/mol. The van der Waals surface area contributed by atoms with E-state index in [0.717, 1.165) is 29.9 Å². The highest BCUT2D eigenvalue weighted by Gasteiger charge is 2.34. The molecule has 190 valence electrons. The molecule has 0 fully saturated rings. The van der Waals surface area contributed by atoms with Gasteiger partial charge in [0.25, 0.3) is 5.91 Å². The Kier molecular flexibility index (Phi) is 6.92. The first-order valence-electron chi connectivity index (χ1n) is 12.7. The van der Waals surface area contributed by atoms with E-state index in [4.69, 9.17) is 10.1 Å². The molecule has 1 aromatic heterocycles. The van der Waals surface area contributed by atoms with E-state index in [1.165, 1.54) is 0 Å². The molecule has 1 aliphatic heterocycles. The number of amides is 1. The van der Waals surface area contributed by atoms with Gasteiger partial charge in [0.2, 0.25) is 5.95 Å². The van der Waals surface area contributed by atoms with Crippen LogP contribution in [0.15, 0.2) is 90.1 Å². The molecular weight excluding hydrogens is 474 g/mol. The number of nitriles is 1. The van der Waals surface area contributed by atoms with Crippen molar-refractivity contribution < 1.29 is 4.79 Å². The minimum Gasteiger partial charge on any atom is -0.372 e. The van der Waals surface area contributed by atoms with E-state index in [1.54, 1.807) is 16.8 Å². The summed E-state index contributed by atoms with van der Waals surface area (Å²) in [5, 5.41) is 20.4. The molecule has 4 aromatic rings. The lowest BCUT2D eigenvalue weighted by Crippen LogP contribution is -2.31. The number of nitrogens with one attached hydrogen (secondary N) is 2. The molecule has 2 heterocycles. The maximum atomic E-state index is 13.6. The molecule has 0 aliphatic carbocycles. The Hall–Kier alpha value is -4.90. The Morgan fingerprint density at radius 2 is 1.71 bits per heavy atom. The summed E-state index contributed by atoms with van der Waals surface area (Å²) in [5.41, 5.74) is 5.33. The van der Waals surface area contributed by atoms with Gasteiger partial charge in [0, 0.05) is 35.7 Å². The van der Waals surface area contributed by atoms with Gasteiger partial charge in [-0.15, -0.1) is 5.10 Å². The smallest absolute Gasteiger partial charge is 0.255 e. The predicted octanol–water partition coefficient (Wildman–Crippen LogP) is 5.59. The number of allylic oxidation sites excluding steroid dienone is 1. The number of rotatable bonds is 7. The van der Waals surface area contributed by atoms with Crippen molar-refractivity contribution in [1.82, 2.24) is 14.8 Å². The van der Waals surface area contributed by atoms with Gasteiger partial charge in [0.1, 0.15) is 6.04 Å². The van der Waals surface area contributed by atoms with Gasteiger partial charge in [-0.25, -0.2) is 4.68 Å². The van der Waals surface area contributed by atoms with Gasteiger partial charge in [-0.3, -0.25) is 4.79 Å². The van der Waals surface area contributed by atoms with Crippen molar-refractivity contribution in [3.05, 3.63) is 101 Å². The lowest BCUT2D eigenvalue weighted by molar-refractivity contribution is -0.113. The van der Waals surface area contributed by atoms with E-state index in [-0.39, 0.29) is 5.91 Å². The first-order valence-corrected chi connectivity index (χ1v) is 12.7. The molecule has 0 spiro atoms. The minimum atomic E-state index is -0.529. The summed E-state index contributed by atoms with van der Waals surface area (Å²) < 4.78 is 1.75. The molecule has 1 atom stereocenters. The number of benzene rings is 3. The van der Waals surface area contributed by atoms with Gasteiger partial charge >= 0.3 is 0 Å². The monoisotopic (exact) mass is 503 g/mol. The Morgan fingerprint density at radius 3 is 2.34 bits per heavy atom. The maximum Gasteiger partial charge on any atom is 0.255 e. The summed E-state index contributed by atoms with van der Waals surface area (Å²) >= 11 is 0. The van der Waals surface area contributed by atoms with Crippen molar-refractivity contribution in [3.63, 3.8) is 0 Å². The van der Waals surface area contributed by atoms with Crippen LogP contribution in [0.3, 0.4) is 0 Å². The largest absolute Gasteiger partial charge is 0.372 e. The predicted molar refractivity (Wildman–Crippen MR) is 150 cm³/mol. The highest BCUT2D eigenvalue weighted by Crippen LogP contribution is 2.37. The quantitative estimate of drug-likeness (QED) is 0.341. The lowest BCUT2D eigenvalue weighted by atomic mass is 9.94. The van der Waals surface area contributed by atoms with Crippen molar-refractivity contribution in [3.8, 4) is 17.5 Å². The number of carbonyl (C=O) groups excluding carboxylic acids is 1. The van der Waals surface area contributed by atoms with Crippen LogP contribution in [0.5, 0.6) is 0 Å². The van der Waals surface area contributed by atoms with Crippen molar-refractivity contribution >= 4 is 23.2 Å². The molecule has 8 heteroatoms. The third-order valence-electron chi connectivity index (χ3n) is 6.74. The van der Waals surface area contributed by atoms with Crippen LogP contribution >= 0.6 is 0 Å². The van der Waals surface area contributed by atoms with Crippen LogP contribution in [0.2, 0.25) is 0 Å². The SMILES string of the molecule is CCN(CC)c1ccc(-c2nc3n(n2)C(c2ccc(C#N)cc2)C(C(=O)Nc2ccccc2)=C(C)N3)cc1. The van der Waals surface area contributed by atoms with Crippen molar-refractivity contribution in [1.29, 1.82) is 5.26 Å². The summed E-state index contributed by atoms with van der Waals surface area (Å²) in [4.78, 5) is 20.7. The van der Waals surface area contributed by atoms with E-state index in [2.05, 4.69) is 47.6 Å². The highest BCUT2D eigenvalue weighted by atomic mass is 16.1. The summed E-state index contributed by atoms with van der Waals surface area (Å²) in [6.45, 7) is 8.01. The van der Waals surface area contributed by atoms with Crippen LogP contribution in [0.4, 0.5) is 17.3 Å². The molecule has 8 nitrogen and oxygen atoms in total. The van der Waals surface area contributed by atoms with E-state index < -0.39 is 6.04 Å². The van der Waals surface area contributed by atoms with E-state index in [9.17, 15) is 10.1 Å². The summed E-state index contributed by atoms with van der Waals surface area (Å²) in [6.07, 6.45) is 0. The van der Waals surface area contributed by atoms with Gasteiger partial charge in [-0.2, -0.15) is 10.2 Å². The summed E-state index contributed by atoms with van der Waals surface area (Å²) in [5.74, 6) is 0.882. The zero-order chi connectivity index (χ0) is 26.6. The Bertz CT molecular complexity index is 1510. The van der Waals surface area contributed by atoms with Gasteiger partial charge in [0.15, 0.2) is 5.82 Å².